The van der Waals surface area contributed by atoms with Gasteiger partial charge in [-0.1, -0.05) is 0 Å². The Hall–Kier alpha value is -0.751. The Balaban J connectivity index is 2.28. The van der Waals surface area contributed by atoms with Crippen molar-refractivity contribution in [1.29, 1.82) is 0 Å². The van der Waals surface area contributed by atoms with E-state index in [1.165, 1.54) is 0 Å². The fraction of sp³-hybridized carbons (Fsp3) is 0.611. The zero-order valence-corrected chi connectivity index (χ0v) is 18.2. The standard InChI is InChI=1S/C15H20NO3.3CH3.Sn/c1-14(2)11-19-15(3,4)16(14)13(17)18-10-12-8-6-5-7-9-12;;;;/h5-10H,11H2,1-4H3;3*1H3;. The van der Waals surface area contributed by atoms with Crippen LogP contribution < -0.4 is 0 Å². The van der Waals surface area contributed by atoms with Crippen molar-refractivity contribution in [2.45, 2.75) is 57.9 Å². The van der Waals surface area contributed by atoms with Gasteiger partial charge in [0.2, 0.25) is 0 Å². The van der Waals surface area contributed by atoms with Gasteiger partial charge in [-0.15, -0.1) is 0 Å². The Kier molecular flexibility index (Phi) is 5.07. The molecule has 128 valence electrons. The molecule has 1 atom stereocenters. The fourth-order valence-electron chi connectivity index (χ4n) is 3.20. The normalized spacial score (nSPS) is 21.1. The molecule has 1 aromatic rings. The Bertz CT molecular complexity index is 547. The van der Waals surface area contributed by atoms with E-state index in [9.17, 15) is 4.79 Å². The molecule has 0 aromatic heterocycles. The van der Waals surface area contributed by atoms with Gasteiger partial charge in [0.15, 0.2) is 0 Å². The van der Waals surface area contributed by atoms with E-state index in [2.05, 4.69) is 27.0 Å². The topological polar surface area (TPSA) is 38.8 Å². The SMILES string of the molecule is CC1(C)COC(C)(C)N1C(=O)O[CH](c1ccccc1)[Sn]([CH3])([CH3])[CH3]. The molecule has 0 aliphatic carbocycles. The molecule has 4 nitrogen and oxygen atoms in total. The molecule has 1 amide bonds. The first-order valence-corrected chi connectivity index (χ1v) is 18.4. The van der Waals surface area contributed by atoms with E-state index >= 15 is 0 Å². The average Bonchev–Trinajstić information content (AvgIpc) is 2.64. The van der Waals surface area contributed by atoms with Crippen LogP contribution in [0.2, 0.25) is 14.8 Å². The predicted octanol–water partition coefficient (Wildman–Crippen LogP) is 4.59. The number of carbonyl (C=O) groups excluding carboxylic acids is 1. The van der Waals surface area contributed by atoms with Crippen molar-refractivity contribution in [1.82, 2.24) is 4.90 Å². The molecule has 0 saturated carbocycles. The molecule has 23 heavy (non-hydrogen) atoms. The molecule has 5 heteroatoms. The van der Waals surface area contributed by atoms with E-state index in [0.29, 0.717) is 6.61 Å². The van der Waals surface area contributed by atoms with Gasteiger partial charge < -0.3 is 0 Å². The Labute approximate surface area is 144 Å². The zero-order chi connectivity index (χ0) is 17.5. The third kappa shape index (κ3) is 4.02. The van der Waals surface area contributed by atoms with Gasteiger partial charge in [-0.05, 0) is 0 Å². The van der Waals surface area contributed by atoms with Crippen molar-refractivity contribution >= 4 is 24.5 Å². The van der Waals surface area contributed by atoms with Crippen LogP contribution in [0.15, 0.2) is 30.3 Å². The first-order valence-electron chi connectivity index (χ1n) is 8.15. The van der Waals surface area contributed by atoms with E-state index in [1.54, 1.807) is 4.90 Å². The molecular formula is C18H29NO3Sn. The molecule has 0 N–H and O–H groups in total. The average molecular weight is 426 g/mol. The van der Waals surface area contributed by atoms with E-state index in [0.717, 1.165) is 5.56 Å². The van der Waals surface area contributed by atoms with Crippen molar-refractivity contribution in [3.63, 3.8) is 0 Å². The second-order valence-corrected chi connectivity index (χ2v) is 23.4. The Morgan fingerprint density at radius 1 is 1.17 bits per heavy atom. The molecular weight excluding hydrogens is 397 g/mol. The number of rotatable bonds is 3. The second kappa shape index (κ2) is 6.28. The van der Waals surface area contributed by atoms with Crippen molar-refractivity contribution in [3.05, 3.63) is 35.9 Å². The van der Waals surface area contributed by atoms with Gasteiger partial charge in [-0.2, -0.15) is 0 Å². The number of benzene rings is 1. The number of ether oxygens (including phenoxy) is 2. The summed E-state index contributed by atoms with van der Waals surface area (Å²) < 4.78 is 11.8. The molecule has 0 radical (unpaired) electrons. The quantitative estimate of drug-likeness (QED) is 0.664. The Morgan fingerprint density at radius 3 is 2.17 bits per heavy atom. The van der Waals surface area contributed by atoms with Crippen LogP contribution in [-0.2, 0) is 9.47 Å². The summed E-state index contributed by atoms with van der Waals surface area (Å²) in [6.07, 6.45) is -0.280. The van der Waals surface area contributed by atoms with Crippen LogP contribution in [0, 0.1) is 0 Å². The van der Waals surface area contributed by atoms with Gasteiger partial charge in [0.1, 0.15) is 0 Å². The van der Waals surface area contributed by atoms with Crippen LogP contribution in [0.3, 0.4) is 0 Å². The molecule has 1 fully saturated rings. The fourth-order valence-corrected chi connectivity index (χ4v) is 7.90. The maximum absolute atomic E-state index is 13.0. The van der Waals surface area contributed by atoms with Crippen molar-refractivity contribution < 1.29 is 14.3 Å². The molecule has 1 aliphatic rings. The van der Waals surface area contributed by atoms with Crippen LogP contribution >= 0.6 is 0 Å². The Morgan fingerprint density at radius 2 is 1.74 bits per heavy atom. The first-order chi connectivity index (χ1) is 10.5. The van der Waals surface area contributed by atoms with E-state index < -0.39 is 24.1 Å². The van der Waals surface area contributed by atoms with Crippen LogP contribution in [-0.4, -0.2) is 47.2 Å². The van der Waals surface area contributed by atoms with Crippen molar-refractivity contribution in [2.24, 2.45) is 0 Å². The van der Waals surface area contributed by atoms with Crippen molar-refractivity contribution in [2.75, 3.05) is 6.61 Å². The van der Waals surface area contributed by atoms with Gasteiger partial charge in [0.25, 0.3) is 0 Å². The van der Waals surface area contributed by atoms with Crippen molar-refractivity contribution in [3.8, 4) is 0 Å². The second-order valence-electron chi connectivity index (χ2n) is 8.42. The van der Waals surface area contributed by atoms with Gasteiger partial charge >= 0.3 is 144 Å². The number of nitrogens with zero attached hydrogens (tertiary/aromatic N) is 1. The molecule has 1 unspecified atom stereocenters. The molecule has 0 bridgehead atoms. The maximum atomic E-state index is 13.0. The van der Waals surface area contributed by atoms with Crippen LogP contribution in [0.4, 0.5) is 4.79 Å². The summed E-state index contributed by atoms with van der Waals surface area (Å²) in [5.41, 5.74) is 0.0876. The third-order valence-corrected chi connectivity index (χ3v) is 9.99. The minimum atomic E-state index is -2.53. The molecule has 1 aliphatic heterocycles. The first kappa shape index (κ1) is 18.6. The van der Waals surface area contributed by atoms with Crippen LogP contribution in [0.1, 0.15) is 37.4 Å². The number of hydrogen-bond acceptors (Lipinski definition) is 3. The molecule has 1 aromatic carbocycles. The van der Waals surface area contributed by atoms with Gasteiger partial charge in [0, 0.05) is 0 Å². The van der Waals surface area contributed by atoms with Gasteiger partial charge in [0.05, 0.1) is 0 Å². The van der Waals surface area contributed by atoms with Gasteiger partial charge in [-0.3, -0.25) is 0 Å². The number of amides is 1. The summed E-state index contributed by atoms with van der Waals surface area (Å²) in [5.74, 6) is 0. The summed E-state index contributed by atoms with van der Waals surface area (Å²) in [6.45, 7) is 8.38. The van der Waals surface area contributed by atoms with Crippen LogP contribution in [0.25, 0.3) is 0 Å². The van der Waals surface area contributed by atoms with Crippen LogP contribution in [0.5, 0.6) is 0 Å². The summed E-state index contributed by atoms with van der Waals surface area (Å²) in [5, 5.41) is 0. The molecule has 0 spiro atoms. The summed E-state index contributed by atoms with van der Waals surface area (Å²) in [6, 6.07) is 10.1. The number of hydrogen-bond donors (Lipinski definition) is 0. The number of carbonyl (C=O) groups is 1. The zero-order valence-electron chi connectivity index (χ0n) is 15.3. The minimum absolute atomic E-state index is 0.106. The van der Waals surface area contributed by atoms with E-state index in [1.807, 2.05) is 45.9 Å². The van der Waals surface area contributed by atoms with E-state index in [4.69, 9.17) is 9.47 Å². The molecule has 2 rings (SSSR count). The third-order valence-electron chi connectivity index (χ3n) is 4.21. The molecule has 1 saturated heterocycles. The predicted molar refractivity (Wildman–Crippen MR) is 95.0 cm³/mol. The van der Waals surface area contributed by atoms with Gasteiger partial charge in [-0.25, -0.2) is 0 Å². The van der Waals surface area contributed by atoms with E-state index in [-0.39, 0.29) is 15.8 Å². The monoisotopic (exact) mass is 427 g/mol. The summed E-state index contributed by atoms with van der Waals surface area (Å²) in [4.78, 5) is 21.6. The molecule has 1 heterocycles. The summed E-state index contributed by atoms with van der Waals surface area (Å²) >= 11 is -2.53. The summed E-state index contributed by atoms with van der Waals surface area (Å²) in [7, 11) is 0.